The van der Waals surface area contributed by atoms with Crippen LogP contribution in [0.4, 0.5) is 5.69 Å². The lowest BCUT2D eigenvalue weighted by Crippen LogP contribution is -2.21. The molecule has 0 saturated heterocycles. The molecule has 0 fully saturated rings. The number of benzene rings is 1. The van der Waals surface area contributed by atoms with Gasteiger partial charge in [-0.25, -0.2) is 0 Å². The van der Waals surface area contributed by atoms with Crippen LogP contribution in [0.25, 0.3) is 0 Å². The summed E-state index contributed by atoms with van der Waals surface area (Å²) < 4.78 is 0. The van der Waals surface area contributed by atoms with Gasteiger partial charge in [-0.15, -0.1) is 0 Å². The summed E-state index contributed by atoms with van der Waals surface area (Å²) in [5.74, 6) is 0.187. The van der Waals surface area contributed by atoms with Crippen LogP contribution in [0.3, 0.4) is 0 Å². The molecule has 0 aromatic heterocycles. The van der Waals surface area contributed by atoms with Crippen molar-refractivity contribution < 1.29 is 5.11 Å². The minimum atomic E-state index is -0.359. The van der Waals surface area contributed by atoms with E-state index < -0.39 is 0 Å². The van der Waals surface area contributed by atoms with Crippen molar-refractivity contribution in [1.29, 1.82) is 0 Å². The van der Waals surface area contributed by atoms with E-state index in [4.69, 9.17) is 17.2 Å². The van der Waals surface area contributed by atoms with Crippen LogP contribution in [0.15, 0.2) is 12.1 Å². The molecule has 0 amide bonds. The molecular weight excluding hydrogens is 166 g/mol. The Morgan fingerprint density at radius 2 is 2.08 bits per heavy atom. The van der Waals surface area contributed by atoms with Crippen molar-refractivity contribution in [3.8, 4) is 5.75 Å². The third kappa shape index (κ3) is 1.91. The quantitative estimate of drug-likeness (QED) is 0.388. The lowest BCUT2D eigenvalue weighted by Gasteiger charge is -2.13. The minimum Gasteiger partial charge on any atom is -0.507 e. The van der Waals surface area contributed by atoms with Gasteiger partial charge in [0.05, 0.1) is 0 Å². The van der Waals surface area contributed by atoms with Crippen LogP contribution in [-0.4, -0.2) is 11.7 Å². The summed E-state index contributed by atoms with van der Waals surface area (Å²) in [6.45, 7) is 2.06. The van der Waals surface area contributed by atoms with E-state index in [2.05, 4.69) is 0 Å². The molecule has 0 spiro atoms. The van der Waals surface area contributed by atoms with Crippen molar-refractivity contribution in [2.75, 3.05) is 12.3 Å². The summed E-state index contributed by atoms with van der Waals surface area (Å²) in [5.41, 5.74) is 18.6. The topological polar surface area (TPSA) is 98.3 Å². The zero-order valence-corrected chi connectivity index (χ0v) is 7.62. The first-order valence-corrected chi connectivity index (χ1v) is 4.11. The molecule has 72 valence electrons. The number of aromatic hydroxyl groups is 1. The summed E-state index contributed by atoms with van der Waals surface area (Å²) >= 11 is 0. The number of rotatable bonds is 2. The maximum absolute atomic E-state index is 9.63. The van der Waals surface area contributed by atoms with Gasteiger partial charge in [0.15, 0.2) is 0 Å². The van der Waals surface area contributed by atoms with Gasteiger partial charge < -0.3 is 22.3 Å². The third-order valence-corrected chi connectivity index (χ3v) is 2.01. The molecule has 4 nitrogen and oxygen atoms in total. The molecule has 0 aliphatic heterocycles. The molecule has 0 bridgehead atoms. The van der Waals surface area contributed by atoms with E-state index in [-0.39, 0.29) is 18.3 Å². The van der Waals surface area contributed by atoms with Gasteiger partial charge in [-0.2, -0.15) is 0 Å². The Labute approximate surface area is 77.3 Å². The Morgan fingerprint density at radius 3 is 2.62 bits per heavy atom. The van der Waals surface area contributed by atoms with Crippen LogP contribution in [0.1, 0.15) is 17.2 Å². The van der Waals surface area contributed by atoms with Crippen LogP contribution >= 0.6 is 0 Å². The Kier molecular flexibility index (Phi) is 2.75. The number of phenolic OH excluding ortho intramolecular Hbond substituents is 1. The Balaban J connectivity index is 3.20. The minimum absolute atomic E-state index is 0.187. The molecular formula is C9H15N3O. The van der Waals surface area contributed by atoms with E-state index in [0.717, 1.165) is 5.56 Å². The maximum atomic E-state index is 9.63. The van der Waals surface area contributed by atoms with Gasteiger partial charge in [-0.1, -0.05) is 0 Å². The zero-order chi connectivity index (χ0) is 10.0. The lowest BCUT2D eigenvalue weighted by atomic mass is 10.0. The maximum Gasteiger partial charge on any atom is 0.123 e. The smallest absolute Gasteiger partial charge is 0.123 e. The number of hydrogen-bond donors (Lipinski definition) is 4. The molecule has 1 atom stereocenters. The third-order valence-electron chi connectivity index (χ3n) is 2.01. The fourth-order valence-corrected chi connectivity index (χ4v) is 1.25. The number of phenols is 1. The van der Waals surface area contributed by atoms with E-state index in [1.807, 2.05) is 0 Å². The molecule has 0 radical (unpaired) electrons. The number of aryl methyl sites for hydroxylation is 1. The van der Waals surface area contributed by atoms with Gasteiger partial charge in [0, 0.05) is 23.8 Å². The first-order chi connectivity index (χ1) is 6.06. The number of anilines is 1. The number of nitrogen functional groups attached to an aromatic ring is 1. The van der Waals surface area contributed by atoms with Gasteiger partial charge in [0.2, 0.25) is 0 Å². The van der Waals surface area contributed by atoms with Gasteiger partial charge in [0.1, 0.15) is 5.75 Å². The second-order valence-corrected chi connectivity index (χ2v) is 3.12. The predicted molar refractivity (Wildman–Crippen MR) is 53.2 cm³/mol. The summed E-state index contributed by atoms with van der Waals surface area (Å²) in [7, 11) is 0. The van der Waals surface area contributed by atoms with Gasteiger partial charge in [0.25, 0.3) is 0 Å². The van der Waals surface area contributed by atoms with E-state index in [1.165, 1.54) is 0 Å². The molecule has 1 aromatic carbocycles. The van der Waals surface area contributed by atoms with Crippen molar-refractivity contribution in [1.82, 2.24) is 0 Å². The molecule has 0 heterocycles. The Morgan fingerprint density at radius 1 is 1.46 bits per heavy atom. The number of nitrogens with two attached hydrogens (primary N) is 3. The molecule has 1 unspecified atom stereocenters. The van der Waals surface area contributed by atoms with Crippen LogP contribution in [-0.2, 0) is 0 Å². The van der Waals surface area contributed by atoms with Crippen molar-refractivity contribution in [3.63, 3.8) is 0 Å². The summed E-state index contributed by atoms with van der Waals surface area (Å²) in [6.07, 6.45) is 0. The Bertz CT molecular complexity index is 312. The average Bonchev–Trinajstić information content (AvgIpc) is 2.10. The summed E-state index contributed by atoms with van der Waals surface area (Å²) in [6, 6.07) is 2.99. The van der Waals surface area contributed by atoms with Crippen molar-refractivity contribution >= 4 is 5.69 Å². The number of hydrogen-bond acceptors (Lipinski definition) is 4. The predicted octanol–water partition coefficient (Wildman–Crippen LogP) is 0.241. The second-order valence-electron chi connectivity index (χ2n) is 3.12. The van der Waals surface area contributed by atoms with Crippen molar-refractivity contribution in [2.24, 2.45) is 11.5 Å². The SMILES string of the molecule is Cc1cc(N)cc(C(N)CN)c1O. The first-order valence-electron chi connectivity index (χ1n) is 4.11. The summed E-state index contributed by atoms with van der Waals surface area (Å²) in [5, 5.41) is 9.63. The highest BCUT2D eigenvalue weighted by molar-refractivity contribution is 5.53. The largest absolute Gasteiger partial charge is 0.507 e. The molecule has 0 aliphatic rings. The molecule has 4 heteroatoms. The molecule has 0 saturated carbocycles. The molecule has 13 heavy (non-hydrogen) atoms. The van der Waals surface area contributed by atoms with Crippen LogP contribution < -0.4 is 17.2 Å². The van der Waals surface area contributed by atoms with Gasteiger partial charge in [-0.3, -0.25) is 0 Å². The van der Waals surface area contributed by atoms with E-state index in [0.29, 0.717) is 11.3 Å². The van der Waals surface area contributed by atoms with Crippen LogP contribution in [0.2, 0.25) is 0 Å². The van der Waals surface area contributed by atoms with Crippen molar-refractivity contribution in [2.45, 2.75) is 13.0 Å². The van der Waals surface area contributed by atoms with Crippen molar-refractivity contribution in [3.05, 3.63) is 23.3 Å². The molecule has 7 N–H and O–H groups in total. The fourth-order valence-electron chi connectivity index (χ4n) is 1.25. The molecule has 0 aliphatic carbocycles. The van der Waals surface area contributed by atoms with E-state index >= 15 is 0 Å². The monoisotopic (exact) mass is 181 g/mol. The summed E-state index contributed by atoms with van der Waals surface area (Å²) in [4.78, 5) is 0. The normalized spacial score (nSPS) is 12.8. The Hall–Kier alpha value is -1.26. The fraction of sp³-hybridized carbons (Fsp3) is 0.333. The van der Waals surface area contributed by atoms with Crippen LogP contribution in [0, 0.1) is 6.92 Å². The van der Waals surface area contributed by atoms with Gasteiger partial charge in [-0.05, 0) is 24.6 Å². The highest BCUT2D eigenvalue weighted by atomic mass is 16.3. The highest BCUT2D eigenvalue weighted by Crippen LogP contribution is 2.28. The van der Waals surface area contributed by atoms with E-state index in [9.17, 15) is 5.11 Å². The lowest BCUT2D eigenvalue weighted by molar-refractivity contribution is 0.458. The van der Waals surface area contributed by atoms with Crippen LogP contribution in [0.5, 0.6) is 5.75 Å². The standard InChI is InChI=1S/C9H15N3O/c1-5-2-6(11)3-7(9(5)13)8(12)4-10/h2-3,8,13H,4,10-12H2,1H3. The second kappa shape index (κ2) is 3.64. The van der Waals surface area contributed by atoms with E-state index in [1.54, 1.807) is 19.1 Å². The average molecular weight is 181 g/mol. The van der Waals surface area contributed by atoms with Gasteiger partial charge >= 0.3 is 0 Å². The molecule has 1 rings (SSSR count). The zero-order valence-electron chi connectivity index (χ0n) is 7.62. The molecule has 1 aromatic rings. The first kappa shape index (κ1) is 9.83. The highest BCUT2D eigenvalue weighted by Gasteiger charge is 2.11.